The molecule has 0 aliphatic heterocycles. The Bertz CT molecular complexity index is 1280. The first-order chi connectivity index (χ1) is 15.1. The lowest BCUT2D eigenvalue weighted by Crippen LogP contribution is -2.35. The highest BCUT2D eigenvalue weighted by Gasteiger charge is 2.20. The summed E-state index contributed by atoms with van der Waals surface area (Å²) in [5.41, 5.74) is 0.240. The number of hydrogen-bond donors (Lipinski definition) is 2. The van der Waals surface area contributed by atoms with Crippen molar-refractivity contribution in [2.45, 2.75) is 37.8 Å². The highest BCUT2D eigenvalue weighted by molar-refractivity contribution is 7.89. The number of nitrogens with one attached hydrogen (secondary N) is 2. The molecule has 0 bridgehead atoms. The van der Waals surface area contributed by atoms with Gasteiger partial charge < -0.3 is 10.1 Å². The summed E-state index contributed by atoms with van der Waals surface area (Å²) < 4.78 is 33.7. The Morgan fingerprint density at radius 1 is 1.06 bits per heavy atom. The van der Waals surface area contributed by atoms with E-state index in [9.17, 15) is 18.0 Å². The van der Waals surface area contributed by atoms with Crippen LogP contribution in [0.5, 0.6) is 0 Å². The standard InChI is InChI=1S/C22H26N4O5S/c1-14(2)26-22(28)19-8-6-5-7-18(19)20(24-26)21(27)23-16-9-11-17(12-10-16)32(29,30)25-15(3)13-31-4/h5-12,14-15,25H,13H2,1-4H3,(H,23,27). The molecule has 1 aromatic heterocycles. The lowest BCUT2D eigenvalue weighted by atomic mass is 10.1. The molecule has 3 aromatic rings. The minimum Gasteiger partial charge on any atom is -0.383 e. The molecule has 0 aliphatic carbocycles. The molecule has 10 heteroatoms. The van der Waals surface area contributed by atoms with Crippen LogP contribution in [0.1, 0.15) is 37.3 Å². The summed E-state index contributed by atoms with van der Waals surface area (Å²) in [5.74, 6) is -0.502. The quantitative estimate of drug-likeness (QED) is 0.535. The molecule has 1 amide bonds. The molecule has 0 radical (unpaired) electrons. The third-order valence-electron chi connectivity index (χ3n) is 4.73. The van der Waals surface area contributed by atoms with E-state index in [4.69, 9.17) is 4.74 Å². The average Bonchev–Trinajstić information content (AvgIpc) is 2.74. The summed E-state index contributed by atoms with van der Waals surface area (Å²) in [7, 11) is -2.23. The van der Waals surface area contributed by atoms with E-state index in [1.807, 2.05) is 13.8 Å². The molecule has 0 spiro atoms. The number of benzene rings is 2. The molecule has 0 saturated carbocycles. The number of anilines is 1. The van der Waals surface area contributed by atoms with E-state index in [1.54, 1.807) is 31.2 Å². The van der Waals surface area contributed by atoms with Crippen LogP contribution in [0.2, 0.25) is 0 Å². The van der Waals surface area contributed by atoms with Gasteiger partial charge in [0.15, 0.2) is 5.69 Å². The molecule has 170 valence electrons. The Morgan fingerprint density at radius 3 is 2.28 bits per heavy atom. The first-order valence-electron chi connectivity index (χ1n) is 10.1. The van der Waals surface area contributed by atoms with Gasteiger partial charge >= 0.3 is 0 Å². The van der Waals surface area contributed by atoms with Crippen LogP contribution in [-0.4, -0.2) is 43.9 Å². The zero-order chi connectivity index (χ0) is 23.5. The maximum atomic E-state index is 13.0. The maximum Gasteiger partial charge on any atom is 0.276 e. The summed E-state index contributed by atoms with van der Waals surface area (Å²) in [6.07, 6.45) is 0. The molecule has 0 aliphatic rings. The first-order valence-corrected chi connectivity index (χ1v) is 11.6. The van der Waals surface area contributed by atoms with E-state index in [1.165, 1.54) is 36.1 Å². The Labute approximate surface area is 186 Å². The zero-order valence-electron chi connectivity index (χ0n) is 18.3. The van der Waals surface area contributed by atoms with Gasteiger partial charge in [-0.1, -0.05) is 18.2 Å². The number of fused-ring (bicyclic) bond motifs is 1. The fraction of sp³-hybridized carbons (Fsp3) is 0.318. The maximum absolute atomic E-state index is 13.0. The second-order valence-electron chi connectivity index (χ2n) is 7.69. The summed E-state index contributed by atoms with van der Waals surface area (Å²) >= 11 is 0. The zero-order valence-corrected chi connectivity index (χ0v) is 19.1. The number of rotatable bonds is 8. The molecule has 2 N–H and O–H groups in total. The lowest BCUT2D eigenvalue weighted by Gasteiger charge is -2.14. The van der Waals surface area contributed by atoms with Crippen molar-refractivity contribution in [1.29, 1.82) is 0 Å². The third kappa shape index (κ3) is 5.04. The SMILES string of the molecule is COCC(C)NS(=O)(=O)c1ccc(NC(=O)c2nn(C(C)C)c(=O)c3ccccc23)cc1. The van der Waals surface area contributed by atoms with E-state index in [2.05, 4.69) is 15.1 Å². The highest BCUT2D eigenvalue weighted by Crippen LogP contribution is 2.18. The van der Waals surface area contributed by atoms with Crippen LogP contribution in [0.3, 0.4) is 0 Å². The number of hydrogen-bond acceptors (Lipinski definition) is 6. The average molecular weight is 459 g/mol. The van der Waals surface area contributed by atoms with Crippen molar-refractivity contribution in [3.8, 4) is 0 Å². The Balaban J connectivity index is 1.88. The van der Waals surface area contributed by atoms with Crippen LogP contribution in [0.4, 0.5) is 5.69 Å². The van der Waals surface area contributed by atoms with Crippen LogP contribution >= 0.6 is 0 Å². The van der Waals surface area contributed by atoms with Crippen molar-refractivity contribution in [2.75, 3.05) is 19.0 Å². The highest BCUT2D eigenvalue weighted by atomic mass is 32.2. The number of sulfonamides is 1. The van der Waals surface area contributed by atoms with Crippen LogP contribution in [0.15, 0.2) is 58.2 Å². The number of amides is 1. The largest absolute Gasteiger partial charge is 0.383 e. The number of nitrogens with zero attached hydrogens (tertiary/aromatic N) is 2. The molecule has 1 heterocycles. The fourth-order valence-electron chi connectivity index (χ4n) is 3.25. The molecule has 3 rings (SSSR count). The molecule has 0 saturated heterocycles. The van der Waals surface area contributed by atoms with Gasteiger partial charge in [0.2, 0.25) is 10.0 Å². The van der Waals surface area contributed by atoms with Crippen molar-refractivity contribution in [3.63, 3.8) is 0 Å². The summed E-state index contributed by atoms with van der Waals surface area (Å²) in [5, 5.41) is 7.85. The molecular formula is C22H26N4O5S. The van der Waals surface area contributed by atoms with Gasteiger partial charge in [-0.05, 0) is 51.1 Å². The molecule has 2 aromatic carbocycles. The van der Waals surface area contributed by atoms with Crippen molar-refractivity contribution in [1.82, 2.24) is 14.5 Å². The monoisotopic (exact) mass is 458 g/mol. The molecule has 1 atom stereocenters. The Kier molecular flexibility index (Phi) is 7.07. The number of carbonyl (C=O) groups is 1. The van der Waals surface area contributed by atoms with Gasteiger partial charge in [0.05, 0.1) is 22.9 Å². The van der Waals surface area contributed by atoms with Gasteiger partial charge in [-0.2, -0.15) is 5.10 Å². The fourth-order valence-corrected chi connectivity index (χ4v) is 4.48. The predicted octanol–water partition coefficient (Wildman–Crippen LogP) is 2.54. The van der Waals surface area contributed by atoms with Crippen LogP contribution in [0, 0.1) is 0 Å². The van der Waals surface area contributed by atoms with E-state index in [-0.39, 0.29) is 34.8 Å². The molecule has 0 fully saturated rings. The van der Waals surface area contributed by atoms with E-state index >= 15 is 0 Å². The van der Waals surface area contributed by atoms with Gasteiger partial charge in [-0.15, -0.1) is 0 Å². The molecule has 9 nitrogen and oxygen atoms in total. The number of methoxy groups -OCH3 is 1. The van der Waals surface area contributed by atoms with Crippen molar-refractivity contribution < 1.29 is 17.9 Å². The summed E-state index contributed by atoms with van der Waals surface area (Å²) in [6.45, 7) is 5.56. The number of aromatic nitrogens is 2. The predicted molar refractivity (Wildman–Crippen MR) is 122 cm³/mol. The summed E-state index contributed by atoms with van der Waals surface area (Å²) in [4.78, 5) is 25.7. The lowest BCUT2D eigenvalue weighted by molar-refractivity contribution is 0.102. The molecule has 32 heavy (non-hydrogen) atoms. The van der Waals surface area contributed by atoms with Crippen molar-refractivity contribution in [3.05, 3.63) is 64.6 Å². The number of carbonyl (C=O) groups excluding carboxylic acids is 1. The normalized spacial score (nSPS) is 12.8. The summed E-state index contributed by atoms with van der Waals surface area (Å²) in [6, 6.07) is 12.0. The van der Waals surface area contributed by atoms with E-state index in [0.29, 0.717) is 16.5 Å². The minimum atomic E-state index is -3.72. The van der Waals surface area contributed by atoms with Crippen molar-refractivity contribution in [2.24, 2.45) is 0 Å². The Morgan fingerprint density at radius 2 is 1.69 bits per heavy atom. The number of ether oxygens (including phenoxy) is 1. The molecular weight excluding hydrogens is 432 g/mol. The smallest absolute Gasteiger partial charge is 0.276 e. The van der Waals surface area contributed by atoms with Gasteiger partial charge in [0, 0.05) is 24.2 Å². The van der Waals surface area contributed by atoms with Crippen LogP contribution in [-0.2, 0) is 14.8 Å². The van der Waals surface area contributed by atoms with Crippen molar-refractivity contribution >= 4 is 32.4 Å². The van der Waals surface area contributed by atoms with Crippen LogP contribution in [0.25, 0.3) is 10.8 Å². The van der Waals surface area contributed by atoms with E-state index in [0.717, 1.165) is 0 Å². The van der Waals surface area contributed by atoms with Gasteiger partial charge in [0.1, 0.15) is 0 Å². The minimum absolute atomic E-state index is 0.0652. The van der Waals surface area contributed by atoms with Gasteiger partial charge in [-0.25, -0.2) is 17.8 Å². The van der Waals surface area contributed by atoms with Gasteiger partial charge in [0.25, 0.3) is 11.5 Å². The third-order valence-corrected chi connectivity index (χ3v) is 6.33. The van der Waals surface area contributed by atoms with Gasteiger partial charge in [-0.3, -0.25) is 9.59 Å². The van der Waals surface area contributed by atoms with E-state index < -0.39 is 15.9 Å². The molecule has 1 unspecified atom stereocenters. The Hall–Kier alpha value is -3.08. The van der Waals surface area contributed by atoms with Crippen LogP contribution < -0.4 is 15.6 Å². The first kappa shape index (κ1) is 23.6. The topological polar surface area (TPSA) is 119 Å². The second-order valence-corrected chi connectivity index (χ2v) is 9.41. The second kappa shape index (κ2) is 9.60.